The summed E-state index contributed by atoms with van der Waals surface area (Å²) in [7, 11) is 0. The van der Waals surface area contributed by atoms with E-state index in [0.29, 0.717) is 4.20 Å². The summed E-state index contributed by atoms with van der Waals surface area (Å²) in [5.41, 5.74) is 0. The Morgan fingerprint density at radius 2 is 1.27 bits per heavy atom. The van der Waals surface area contributed by atoms with Crippen LogP contribution in [0.3, 0.4) is 0 Å². The van der Waals surface area contributed by atoms with E-state index in [1.807, 2.05) is 0 Å². The van der Waals surface area contributed by atoms with Gasteiger partial charge in [-0.15, -0.1) is 0 Å². The molecule has 0 amide bonds. The normalized spacial score (nSPS) is 12.5. The maximum absolute atomic E-state index is 2.43. The molecule has 0 heterocycles. The molecule has 0 nitrogen and oxygen atoms in total. The minimum absolute atomic E-state index is 0.490. The Hall–Kier alpha value is 0.558. The summed E-state index contributed by atoms with van der Waals surface area (Å²) in [6, 6.07) is 0. The van der Waals surface area contributed by atoms with Gasteiger partial charge in [0.2, 0.25) is 0 Å². The second kappa shape index (κ2) is 5.25. The molecule has 0 atom stereocenters. The Kier molecular flexibility index (Phi) is 5.51. The molecule has 0 fully saturated rings. The third-order valence-corrected chi connectivity index (χ3v) is 10.1. The minimum atomic E-state index is -0.490. The van der Waals surface area contributed by atoms with Crippen LogP contribution in [0, 0.1) is 0 Å². The van der Waals surface area contributed by atoms with Crippen molar-refractivity contribution in [2.24, 2.45) is 0 Å². The van der Waals surface area contributed by atoms with E-state index in [1.54, 1.807) is 10.4 Å². The van der Waals surface area contributed by atoms with Crippen molar-refractivity contribution in [1.29, 1.82) is 0 Å². The fourth-order valence-electron chi connectivity index (χ4n) is 1.32. The van der Waals surface area contributed by atoms with Gasteiger partial charge in [0.25, 0.3) is 0 Å². The van der Waals surface area contributed by atoms with Crippen molar-refractivity contribution in [2.45, 2.75) is 62.1 Å². The summed E-state index contributed by atoms with van der Waals surface area (Å²) in [6.45, 7) is 11.9. The van der Waals surface area contributed by atoms with Gasteiger partial charge in [-0.3, -0.25) is 0 Å². The van der Waals surface area contributed by atoms with Crippen molar-refractivity contribution in [3.8, 4) is 0 Å². The summed E-state index contributed by atoms with van der Waals surface area (Å²) < 4.78 is 0.666. The van der Waals surface area contributed by atoms with Crippen LogP contribution < -0.4 is 0 Å². The molecule has 0 aliphatic carbocycles. The summed E-state index contributed by atoms with van der Waals surface area (Å²) in [4.78, 5) is 0. The molecule has 0 rings (SSSR count). The maximum atomic E-state index is 2.43. The van der Waals surface area contributed by atoms with Crippen LogP contribution in [-0.4, -0.2) is 14.7 Å². The van der Waals surface area contributed by atoms with Gasteiger partial charge in [0.05, 0.1) is 0 Å². The molecule has 0 saturated carbocycles. The molecule has 0 unspecified atom stereocenters. The predicted octanol–water partition coefficient (Wildman–Crippen LogP) is 4.10. The predicted molar refractivity (Wildman–Crippen MR) is 55.7 cm³/mol. The number of hydrogen-bond acceptors (Lipinski definition) is 0. The zero-order chi connectivity index (χ0) is 8.91. The van der Waals surface area contributed by atoms with E-state index in [2.05, 4.69) is 34.6 Å². The molecule has 0 spiro atoms. The Labute approximate surface area is 77.0 Å². The van der Waals surface area contributed by atoms with Gasteiger partial charge in [-0.1, -0.05) is 0 Å². The summed E-state index contributed by atoms with van der Waals surface area (Å²) >= 11 is -0.490. The quantitative estimate of drug-likeness (QED) is 0.623. The van der Waals surface area contributed by atoms with E-state index in [4.69, 9.17) is 0 Å². The van der Waals surface area contributed by atoms with Crippen molar-refractivity contribution in [2.75, 3.05) is 0 Å². The van der Waals surface area contributed by atoms with Crippen LogP contribution in [0.25, 0.3) is 0 Å². The van der Waals surface area contributed by atoms with Gasteiger partial charge in [0, 0.05) is 0 Å². The van der Waals surface area contributed by atoms with Crippen LogP contribution >= 0.6 is 0 Å². The SMILES string of the molecule is CCC[As](CCC)C(C)(C)C. The standard InChI is InChI=1S/C10H23As/c1-6-8-11(9-7-2)10(3,4)5/h6-9H2,1-5H3. The summed E-state index contributed by atoms with van der Waals surface area (Å²) in [5, 5.41) is 3.09. The van der Waals surface area contributed by atoms with Gasteiger partial charge in [-0.2, -0.15) is 0 Å². The van der Waals surface area contributed by atoms with Gasteiger partial charge < -0.3 is 0 Å². The van der Waals surface area contributed by atoms with Crippen molar-refractivity contribution in [1.82, 2.24) is 0 Å². The first kappa shape index (κ1) is 11.6. The molecule has 1 heteroatoms. The second-order valence-corrected chi connectivity index (χ2v) is 11.1. The molecule has 11 heavy (non-hydrogen) atoms. The van der Waals surface area contributed by atoms with E-state index in [9.17, 15) is 0 Å². The second-order valence-electron chi connectivity index (χ2n) is 4.16. The van der Waals surface area contributed by atoms with E-state index >= 15 is 0 Å². The first-order chi connectivity index (χ1) is 5.02. The average Bonchev–Trinajstić information content (AvgIpc) is 1.85. The third-order valence-electron chi connectivity index (χ3n) is 1.94. The molecule has 0 aromatic carbocycles. The first-order valence-corrected chi connectivity index (χ1v) is 8.36. The fourth-order valence-corrected chi connectivity index (χ4v) is 6.87. The zero-order valence-corrected chi connectivity index (χ0v) is 10.7. The van der Waals surface area contributed by atoms with Crippen molar-refractivity contribution < 1.29 is 0 Å². The molecule has 0 aliphatic rings. The monoisotopic (exact) mass is 218 g/mol. The van der Waals surface area contributed by atoms with E-state index in [1.165, 1.54) is 12.8 Å². The van der Waals surface area contributed by atoms with Crippen molar-refractivity contribution in [3.63, 3.8) is 0 Å². The molecular weight excluding hydrogens is 195 g/mol. The van der Waals surface area contributed by atoms with E-state index < -0.39 is 14.7 Å². The molecule has 0 saturated heterocycles. The summed E-state index contributed by atoms with van der Waals surface area (Å²) in [5.74, 6) is 0. The number of rotatable bonds is 4. The van der Waals surface area contributed by atoms with E-state index in [0.717, 1.165) is 0 Å². The Morgan fingerprint density at radius 3 is 1.45 bits per heavy atom. The fraction of sp³-hybridized carbons (Fsp3) is 1.00. The van der Waals surface area contributed by atoms with Gasteiger partial charge in [0.1, 0.15) is 0 Å². The van der Waals surface area contributed by atoms with Gasteiger partial charge in [-0.05, 0) is 0 Å². The van der Waals surface area contributed by atoms with Gasteiger partial charge >= 0.3 is 76.7 Å². The molecule has 0 aromatic rings. The summed E-state index contributed by atoms with van der Waals surface area (Å²) in [6.07, 6.45) is 2.80. The molecule has 0 radical (unpaired) electrons. The average molecular weight is 218 g/mol. The Morgan fingerprint density at radius 1 is 0.909 bits per heavy atom. The van der Waals surface area contributed by atoms with Crippen LogP contribution in [0.15, 0.2) is 0 Å². The van der Waals surface area contributed by atoms with E-state index in [-0.39, 0.29) is 0 Å². The van der Waals surface area contributed by atoms with Crippen LogP contribution in [-0.2, 0) is 0 Å². The van der Waals surface area contributed by atoms with Crippen LogP contribution in [0.5, 0.6) is 0 Å². The number of hydrogen-bond donors (Lipinski definition) is 0. The molecule has 68 valence electrons. The molecule has 0 aromatic heterocycles. The molecule has 0 N–H and O–H groups in total. The van der Waals surface area contributed by atoms with Crippen LogP contribution in [0.1, 0.15) is 47.5 Å². The third kappa shape index (κ3) is 4.90. The van der Waals surface area contributed by atoms with Crippen molar-refractivity contribution >= 4 is 14.7 Å². The van der Waals surface area contributed by atoms with Crippen molar-refractivity contribution in [3.05, 3.63) is 0 Å². The first-order valence-electron chi connectivity index (χ1n) is 4.77. The molecule has 0 aliphatic heterocycles. The van der Waals surface area contributed by atoms with Crippen LogP contribution in [0.2, 0.25) is 14.6 Å². The Balaban J connectivity index is 3.88. The van der Waals surface area contributed by atoms with Gasteiger partial charge in [0.15, 0.2) is 0 Å². The zero-order valence-electron chi connectivity index (χ0n) is 8.78. The molecule has 0 bridgehead atoms. The van der Waals surface area contributed by atoms with Gasteiger partial charge in [-0.25, -0.2) is 0 Å². The molecular formula is C10H23As. The van der Waals surface area contributed by atoms with Crippen LogP contribution in [0.4, 0.5) is 0 Å². The topological polar surface area (TPSA) is 0 Å². The Bertz CT molecular complexity index is 85.5.